The molecule has 1 saturated heterocycles. The van der Waals surface area contributed by atoms with Gasteiger partial charge in [-0.3, -0.25) is 9.98 Å². The smallest absolute Gasteiger partial charge is 0.333 e. The number of pyridine rings is 1. The first-order valence-electron chi connectivity index (χ1n) is 15.9. The quantitative estimate of drug-likeness (QED) is 0.231. The van der Waals surface area contributed by atoms with Gasteiger partial charge in [0.15, 0.2) is 10.8 Å². The van der Waals surface area contributed by atoms with E-state index in [2.05, 4.69) is 19.8 Å². The first kappa shape index (κ1) is 32.6. The van der Waals surface area contributed by atoms with Crippen LogP contribution in [-0.2, 0) is 15.6 Å². The van der Waals surface area contributed by atoms with E-state index in [9.17, 15) is 26.7 Å². The summed E-state index contributed by atoms with van der Waals surface area (Å²) in [6, 6.07) is 7.53. The summed E-state index contributed by atoms with van der Waals surface area (Å²) in [6.07, 6.45) is 8.32. The molecule has 0 spiro atoms. The molecule has 0 amide bonds. The average Bonchev–Trinajstić information content (AvgIpc) is 3.88. The Bertz CT molecular complexity index is 2050. The summed E-state index contributed by atoms with van der Waals surface area (Å²) in [7, 11) is -3.88. The second-order valence-electron chi connectivity index (χ2n) is 13.1. The third-order valence-corrected chi connectivity index (χ3v) is 13.4. The van der Waals surface area contributed by atoms with Gasteiger partial charge >= 0.3 is 6.55 Å². The van der Waals surface area contributed by atoms with Crippen molar-refractivity contribution in [3.05, 3.63) is 105 Å². The molecule has 0 radical (unpaired) electrons. The minimum atomic E-state index is -3.88. The second-order valence-corrected chi connectivity index (χ2v) is 16.3. The van der Waals surface area contributed by atoms with E-state index >= 15 is 0 Å². The Hall–Kier alpha value is -3.63. The number of aromatic nitrogens is 4. The van der Waals surface area contributed by atoms with Crippen molar-refractivity contribution in [3.8, 4) is 0 Å². The van der Waals surface area contributed by atoms with Crippen LogP contribution in [0.1, 0.15) is 66.5 Å². The van der Waals surface area contributed by atoms with Gasteiger partial charge in [-0.25, -0.2) is 27.2 Å². The highest BCUT2D eigenvalue weighted by Crippen LogP contribution is 2.53. The minimum Gasteiger partial charge on any atom is -0.385 e. The predicted molar refractivity (Wildman–Crippen MR) is 178 cm³/mol. The number of rotatable bonds is 8. The largest absolute Gasteiger partial charge is 0.385 e. The van der Waals surface area contributed by atoms with Gasteiger partial charge in [0.2, 0.25) is 10.0 Å². The maximum absolute atomic E-state index is 14.2. The third-order valence-electron chi connectivity index (χ3n) is 10.2. The predicted octanol–water partition coefficient (Wildman–Crippen LogP) is 5.91. The summed E-state index contributed by atoms with van der Waals surface area (Å²) in [5, 5.41) is 17.6. The lowest BCUT2D eigenvalue weighted by molar-refractivity contribution is -0.0244. The number of amidine groups is 1. The number of alkyl halides is 2. The monoisotopic (exact) mass is 729 g/mol. The van der Waals surface area contributed by atoms with Crippen LogP contribution in [-0.4, -0.2) is 61.8 Å². The number of hydrogen-bond acceptors (Lipinski definition) is 9. The number of hydrogen-bond donors (Lipinski definition) is 2. The maximum atomic E-state index is 14.2. The number of sulfonamides is 1. The molecule has 256 valence electrons. The first-order valence-corrected chi connectivity index (χ1v) is 18.7. The van der Waals surface area contributed by atoms with Crippen LogP contribution >= 0.6 is 22.9 Å². The van der Waals surface area contributed by atoms with Gasteiger partial charge in [0, 0.05) is 76.6 Å². The van der Waals surface area contributed by atoms with Gasteiger partial charge in [0.25, 0.3) is 0 Å². The van der Waals surface area contributed by atoms with Crippen molar-refractivity contribution in [2.45, 2.75) is 61.6 Å². The summed E-state index contributed by atoms with van der Waals surface area (Å²) in [5.74, 6) is -0.558. The molecule has 10 nitrogen and oxygen atoms in total. The fourth-order valence-electron chi connectivity index (χ4n) is 8.25. The lowest BCUT2D eigenvalue weighted by Gasteiger charge is -2.41. The van der Waals surface area contributed by atoms with Gasteiger partial charge in [-0.15, -0.1) is 11.3 Å². The SMILES string of the molecule is O=S(=O)(NC1CC2=C(c3ccn(C(F)F)n3)[C@H](c3ccc(F)cc3Cl)N=C(c3nccs3)N2C1)C1C2CCC1CC(O)(c1cccnc1)C2. The van der Waals surface area contributed by atoms with Crippen LogP contribution in [0.4, 0.5) is 13.2 Å². The molecular weight excluding hydrogens is 699 g/mol. The molecule has 4 aliphatic rings. The summed E-state index contributed by atoms with van der Waals surface area (Å²) in [4.78, 5) is 15.5. The van der Waals surface area contributed by atoms with Crippen molar-refractivity contribution >= 4 is 44.4 Å². The molecule has 5 heterocycles. The molecule has 2 aliphatic heterocycles. The van der Waals surface area contributed by atoms with Crippen molar-refractivity contribution in [1.29, 1.82) is 0 Å². The standard InChI is InChI=1S/C33H31ClF3N7O3S2/c34-24-12-21(35)5-6-23(24)28-27(25-7-10-44(41-25)32(36)37)26-13-22(17-43(26)30(40-28)31-39-9-11-48-31)42-49(46,47)29-18-3-4-19(29)15-33(45,14-18)20-2-1-8-38-16-20/h1-2,5-12,16,18-19,22,28-29,32,42,45H,3-4,13-15,17H2/t18?,19?,22?,28-,29?,33?/m0/s1. The molecule has 8 rings (SSSR count). The molecule has 1 aromatic carbocycles. The molecule has 4 atom stereocenters. The number of nitrogens with one attached hydrogen (secondary N) is 1. The van der Waals surface area contributed by atoms with Crippen molar-refractivity contribution in [1.82, 2.24) is 29.4 Å². The Morgan fingerprint density at radius 3 is 2.57 bits per heavy atom. The highest BCUT2D eigenvalue weighted by atomic mass is 35.5. The molecule has 2 aliphatic carbocycles. The topological polar surface area (TPSA) is 126 Å². The molecule has 49 heavy (non-hydrogen) atoms. The summed E-state index contributed by atoms with van der Waals surface area (Å²) >= 11 is 7.91. The van der Waals surface area contributed by atoms with E-state index in [1.54, 1.807) is 30.0 Å². The summed E-state index contributed by atoms with van der Waals surface area (Å²) in [5.41, 5.74) is 1.31. The highest BCUT2D eigenvalue weighted by Gasteiger charge is 2.55. The number of fused-ring (bicyclic) bond motifs is 3. The number of halogens is 4. The second kappa shape index (κ2) is 12.3. The molecular formula is C33H31ClF3N7O3S2. The number of benzene rings is 1. The van der Waals surface area contributed by atoms with E-state index in [4.69, 9.17) is 16.6 Å². The Morgan fingerprint density at radius 1 is 1.12 bits per heavy atom. The number of nitrogens with zero attached hydrogens (tertiary/aromatic N) is 6. The van der Waals surface area contributed by atoms with E-state index in [-0.39, 0.29) is 35.5 Å². The Kier molecular flexibility index (Phi) is 8.18. The molecule has 3 fully saturated rings. The van der Waals surface area contributed by atoms with Crippen LogP contribution in [0.2, 0.25) is 5.02 Å². The molecule has 2 N–H and O–H groups in total. The fraction of sp³-hybridized carbons (Fsp3) is 0.394. The average molecular weight is 730 g/mol. The van der Waals surface area contributed by atoms with Gasteiger partial charge in [-0.05, 0) is 61.8 Å². The van der Waals surface area contributed by atoms with Crippen LogP contribution < -0.4 is 4.72 Å². The summed E-state index contributed by atoms with van der Waals surface area (Å²) < 4.78 is 73.6. The van der Waals surface area contributed by atoms with Crippen LogP contribution in [0.3, 0.4) is 0 Å². The fourth-order valence-corrected chi connectivity index (χ4v) is 11.4. The van der Waals surface area contributed by atoms with Gasteiger partial charge in [0.05, 0.1) is 16.5 Å². The minimum absolute atomic E-state index is 0.0985. The lowest BCUT2D eigenvalue weighted by Crippen LogP contribution is -2.50. The van der Waals surface area contributed by atoms with Crippen molar-refractivity contribution in [2.24, 2.45) is 16.8 Å². The molecule has 3 unspecified atom stereocenters. The molecule has 4 aromatic rings. The maximum Gasteiger partial charge on any atom is 0.333 e. The molecule has 16 heteroatoms. The molecule has 3 aromatic heterocycles. The number of thiazole rings is 1. The Morgan fingerprint density at radius 2 is 1.92 bits per heavy atom. The van der Waals surface area contributed by atoms with Crippen molar-refractivity contribution in [2.75, 3.05) is 6.54 Å². The van der Waals surface area contributed by atoms with E-state index in [1.807, 2.05) is 11.0 Å². The van der Waals surface area contributed by atoms with Gasteiger partial charge in [-0.2, -0.15) is 13.9 Å². The van der Waals surface area contributed by atoms with Crippen LogP contribution in [0.15, 0.2) is 77.3 Å². The van der Waals surface area contributed by atoms with Crippen LogP contribution in [0.5, 0.6) is 0 Å². The van der Waals surface area contributed by atoms with Crippen LogP contribution in [0, 0.1) is 17.7 Å². The summed E-state index contributed by atoms with van der Waals surface area (Å²) in [6.45, 7) is -2.68. The zero-order valence-electron chi connectivity index (χ0n) is 25.8. The van der Waals surface area contributed by atoms with E-state index in [1.165, 1.54) is 41.8 Å². The Balaban J connectivity index is 1.16. The number of aliphatic hydroxyl groups is 1. The van der Waals surface area contributed by atoms with Gasteiger partial charge in [0.1, 0.15) is 11.9 Å². The van der Waals surface area contributed by atoms with Crippen molar-refractivity contribution in [3.63, 3.8) is 0 Å². The third kappa shape index (κ3) is 5.78. The van der Waals surface area contributed by atoms with E-state index < -0.39 is 45.3 Å². The van der Waals surface area contributed by atoms with Crippen LogP contribution in [0.25, 0.3) is 5.57 Å². The molecule has 2 bridgehead atoms. The highest BCUT2D eigenvalue weighted by molar-refractivity contribution is 7.90. The zero-order chi connectivity index (χ0) is 34.1. The van der Waals surface area contributed by atoms with Gasteiger partial charge in [-0.1, -0.05) is 23.7 Å². The van der Waals surface area contributed by atoms with Crippen molar-refractivity contribution < 1.29 is 26.7 Å². The molecule has 2 saturated carbocycles. The zero-order valence-corrected chi connectivity index (χ0v) is 28.2. The van der Waals surface area contributed by atoms with Gasteiger partial charge < -0.3 is 10.0 Å². The lowest BCUT2D eigenvalue weighted by atomic mass is 9.74. The normalized spacial score (nSPS) is 28.3. The number of aliphatic imine (C=N–C) groups is 1. The van der Waals surface area contributed by atoms with E-state index in [0.29, 0.717) is 63.6 Å². The first-order chi connectivity index (χ1) is 23.5. The van der Waals surface area contributed by atoms with E-state index in [0.717, 1.165) is 0 Å². The Labute approximate surface area is 289 Å².